The van der Waals surface area contributed by atoms with Gasteiger partial charge in [0.15, 0.2) is 7.14 Å². The molecule has 2 heterocycles. The van der Waals surface area contributed by atoms with Crippen LogP contribution >= 0.6 is 7.14 Å². The SMILES string of the molecule is Cn1c2cc3ccccc3cc2c2ccc3c(c21)-c1ccccc1P3(=O)c1ccccc1. The Morgan fingerprint density at radius 2 is 1.34 bits per heavy atom. The van der Waals surface area contributed by atoms with Crippen molar-refractivity contribution >= 4 is 55.6 Å². The van der Waals surface area contributed by atoms with Crippen LogP contribution in [0.25, 0.3) is 43.7 Å². The van der Waals surface area contributed by atoms with E-state index in [0.717, 1.165) is 32.6 Å². The molecule has 0 saturated heterocycles. The number of hydrogen-bond acceptors (Lipinski definition) is 1. The zero-order valence-corrected chi connectivity index (χ0v) is 18.5. The first kappa shape index (κ1) is 18.0. The lowest BCUT2D eigenvalue weighted by molar-refractivity contribution is 0.593. The minimum Gasteiger partial charge on any atom is -0.343 e. The van der Waals surface area contributed by atoms with Gasteiger partial charge >= 0.3 is 0 Å². The second kappa shape index (κ2) is 6.22. The lowest BCUT2D eigenvalue weighted by atomic mass is 10.0. The fourth-order valence-corrected chi connectivity index (χ4v) is 8.58. The quantitative estimate of drug-likeness (QED) is 0.289. The maximum atomic E-state index is 14.8. The van der Waals surface area contributed by atoms with Crippen LogP contribution in [0.1, 0.15) is 0 Å². The summed E-state index contributed by atoms with van der Waals surface area (Å²) in [5.41, 5.74) is 4.57. The van der Waals surface area contributed by atoms with Crippen molar-refractivity contribution in [1.82, 2.24) is 4.57 Å². The summed E-state index contributed by atoms with van der Waals surface area (Å²) in [5.74, 6) is 0. The standard InChI is InChI=1S/C29H20NOP/c1-30-25-18-20-10-6-5-9-19(20)17-24(25)22-15-16-27-28(29(22)30)23-13-7-8-14-26(23)32(27,31)21-11-3-2-4-12-21/h2-18H,1H3. The third-order valence-electron chi connectivity index (χ3n) is 6.98. The maximum Gasteiger partial charge on any atom is 0.172 e. The molecule has 3 heteroatoms. The first-order chi connectivity index (χ1) is 15.7. The molecule has 0 N–H and O–H groups in total. The molecular formula is C29H20NOP. The van der Waals surface area contributed by atoms with E-state index in [-0.39, 0.29) is 0 Å². The Morgan fingerprint density at radius 1 is 0.656 bits per heavy atom. The maximum absolute atomic E-state index is 14.8. The van der Waals surface area contributed by atoms with E-state index in [1.165, 1.54) is 27.1 Å². The molecule has 0 aliphatic carbocycles. The van der Waals surface area contributed by atoms with Crippen molar-refractivity contribution < 1.29 is 4.57 Å². The average Bonchev–Trinajstić information content (AvgIpc) is 3.28. The summed E-state index contributed by atoms with van der Waals surface area (Å²) in [5, 5.41) is 7.72. The number of rotatable bonds is 1. The Balaban J connectivity index is 1.67. The first-order valence-electron chi connectivity index (χ1n) is 10.9. The van der Waals surface area contributed by atoms with Gasteiger partial charge in [0.1, 0.15) is 0 Å². The fourth-order valence-electron chi connectivity index (χ4n) is 5.52. The summed E-state index contributed by atoms with van der Waals surface area (Å²) in [6, 6.07) is 35.5. The number of fused-ring (bicyclic) bond motifs is 8. The Morgan fingerprint density at radius 3 is 2.16 bits per heavy atom. The van der Waals surface area contributed by atoms with E-state index in [0.29, 0.717) is 0 Å². The smallest absolute Gasteiger partial charge is 0.172 e. The van der Waals surface area contributed by atoms with E-state index in [2.05, 4.69) is 72.3 Å². The molecule has 32 heavy (non-hydrogen) atoms. The van der Waals surface area contributed by atoms with Gasteiger partial charge in [-0.1, -0.05) is 84.9 Å². The van der Waals surface area contributed by atoms with Crippen LogP contribution in [-0.2, 0) is 11.6 Å². The summed E-state index contributed by atoms with van der Waals surface area (Å²) >= 11 is 0. The molecule has 0 fully saturated rings. The van der Waals surface area contributed by atoms with Crippen LogP contribution in [-0.4, -0.2) is 4.57 Å². The Labute approximate surface area is 186 Å². The van der Waals surface area contributed by atoms with Gasteiger partial charge in [0.2, 0.25) is 0 Å². The topological polar surface area (TPSA) is 22.0 Å². The molecule has 1 atom stereocenters. The number of hydrogen-bond donors (Lipinski definition) is 0. The molecule has 1 aliphatic rings. The molecular weight excluding hydrogens is 409 g/mol. The normalized spacial score (nSPS) is 17.2. The zero-order valence-electron chi connectivity index (χ0n) is 17.6. The molecule has 0 bridgehead atoms. The second-order valence-corrected chi connectivity index (χ2v) is 11.3. The Bertz CT molecular complexity index is 1760. The molecule has 5 aromatic carbocycles. The molecule has 0 saturated carbocycles. The van der Waals surface area contributed by atoms with Crippen LogP contribution in [0.5, 0.6) is 0 Å². The Hall–Kier alpha value is -3.61. The van der Waals surface area contributed by atoms with Crippen LogP contribution in [0, 0.1) is 0 Å². The second-order valence-electron chi connectivity index (χ2n) is 8.59. The highest BCUT2D eigenvalue weighted by molar-refractivity contribution is 7.86. The largest absolute Gasteiger partial charge is 0.343 e. The fraction of sp³-hybridized carbons (Fsp3) is 0.0345. The third-order valence-corrected chi connectivity index (χ3v) is 10.1. The van der Waals surface area contributed by atoms with Crippen molar-refractivity contribution in [2.75, 3.05) is 0 Å². The summed E-state index contributed by atoms with van der Waals surface area (Å²) in [7, 11) is -0.793. The van der Waals surface area contributed by atoms with Gasteiger partial charge in [-0.25, -0.2) is 0 Å². The summed E-state index contributed by atoms with van der Waals surface area (Å²) < 4.78 is 17.1. The van der Waals surface area contributed by atoms with Gasteiger partial charge in [-0.2, -0.15) is 0 Å². The third kappa shape index (κ3) is 2.13. The zero-order chi connectivity index (χ0) is 21.4. The lowest BCUT2D eigenvalue weighted by Gasteiger charge is -2.15. The van der Waals surface area contributed by atoms with Gasteiger partial charge in [-0.3, -0.25) is 0 Å². The average molecular weight is 429 g/mol. The van der Waals surface area contributed by atoms with Gasteiger partial charge < -0.3 is 9.13 Å². The van der Waals surface area contributed by atoms with Gasteiger partial charge in [-0.15, -0.1) is 0 Å². The Kier molecular flexibility index (Phi) is 3.50. The first-order valence-corrected chi connectivity index (χ1v) is 12.6. The van der Waals surface area contributed by atoms with Gasteiger partial charge in [0.25, 0.3) is 0 Å². The lowest BCUT2D eigenvalue weighted by Crippen LogP contribution is -2.20. The molecule has 0 radical (unpaired) electrons. The molecule has 1 aromatic heterocycles. The van der Waals surface area contributed by atoms with Crippen molar-refractivity contribution in [2.45, 2.75) is 0 Å². The van der Waals surface area contributed by atoms with Gasteiger partial charge in [0, 0.05) is 44.8 Å². The monoisotopic (exact) mass is 429 g/mol. The number of nitrogens with zero attached hydrogens (tertiary/aromatic N) is 1. The van der Waals surface area contributed by atoms with Gasteiger partial charge in [-0.05, 0) is 34.5 Å². The molecule has 0 spiro atoms. The van der Waals surface area contributed by atoms with Crippen molar-refractivity contribution in [3.63, 3.8) is 0 Å². The number of aromatic nitrogens is 1. The van der Waals surface area contributed by atoms with E-state index in [1.54, 1.807) is 0 Å². The van der Waals surface area contributed by atoms with Crippen LogP contribution in [0.2, 0.25) is 0 Å². The van der Waals surface area contributed by atoms with Crippen molar-refractivity contribution in [3.8, 4) is 11.1 Å². The molecule has 6 aromatic rings. The van der Waals surface area contributed by atoms with E-state index in [4.69, 9.17) is 0 Å². The van der Waals surface area contributed by atoms with Crippen LogP contribution in [0.4, 0.5) is 0 Å². The van der Waals surface area contributed by atoms with E-state index in [1.807, 2.05) is 42.5 Å². The minimum absolute atomic E-state index is 0.898. The minimum atomic E-state index is -2.93. The molecule has 1 aliphatic heterocycles. The van der Waals surface area contributed by atoms with Crippen LogP contribution in [0.15, 0.2) is 103 Å². The highest BCUT2D eigenvalue weighted by atomic mass is 31.2. The molecule has 152 valence electrons. The highest BCUT2D eigenvalue weighted by Crippen LogP contribution is 2.54. The van der Waals surface area contributed by atoms with E-state index < -0.39 is 7.14 Å². The van der Waals surface area contributed by atoms with E-state index in [9.17, 15) is 4.57 Å². The van der Waals surface area contributed by atoms with Crippen LogP contribution in [0.3, 0.4) is 0 Å². The molecule has 2 nitrogen and oxygen atoms in total. The highest BCUT2D eigenvalue weighted by Gasteiger charge is 2.41. The van der Waals surface area contributed by atoms with Crippen LogP contribution < -0.4 is 15.9 Å². The summed E-state index contributed by atoms with van der Waals surface area (Å²) in [4.78, 5) is 0. The van der Waals surface area contributed by atoms with Gasteiger partial charge in [0.05, 0.1) is 5.52 Å². The number of benzene rings is 5. The van der Waals surface area contributed by atoms with E-state index >= 15 is 0 Å². The molecule has 7 rings (SSSR count). The molecule has 1 unspecified atom stereocenters. The predicted octanol–water partition coefficient (Wildman–Crippen LogP) is 6.10. The molecule has 0 amide bonds. The van der Waals surface area contributed by atoms with Crippen molar-refractivity contribution in [2.24, 2.45) is 7.05 Å². The van der Waals surface area contributed by atoms with Crippen molar-refractivity contribution in [3.05, 3.63) is 103 Å². The van der Waals surface area contributed by atoms with Crippen molar-refractivity contribution in [1.29, 1.82) is 0 Å². The predicted molar refractivity (Wildman–Crippen MR) is 136 cm³/mol. The summed E-state index contributed by atoms with van der Waals surface area (Å²) in [6.45, 7) is 0. The number of aryl methyl sites for hydroxylation is 1. The summed E-state index contributed by atoms with van der Waals surface area (Å²) in [6.07, 6.45) is 0.